The lowest BCUT2D eigenvalue weighted by Gasteiger charge is -2.34. The van der Waals surface area contributed by atoms with Gasteiger partial charge in [-0.2, -0.15) is 0 Å². The molecule has 2 fully saturated rings. The van der Waals surface area contributed by atoms with E-state index in [2.05, 4.69) is 23.1 Å². The third kappa shape index (κ3) is 6.29. The third-order valence-corrected chi connectivity index (χ3v) is 7.57. The number of ether oxygens (including phenoxy) is 1. The predicted octanol–water partition coefficient (Wildman–Crippen LogP) is 3.58. The van der Waals surface area contributed by atoms with Gasteiger partial charge in [0.15, 0.2) is 5.16 Å². The van der Waals surface area contributed by atoms with Crippen LogP contribution in [-0.2, 0) is 15.3 Å². The van der Waals surface area contributed by atoms with Crippen LogP contribution in [0.25, 0.3) is 11.3 Å². The molecule has 0 atom stereocenters. The number of benzene rings is 2. The second-order valence-corrected chi connectivity index (χ2v) is 10.1. The van der Waals surface area contributed by atoms with Crippen LogP contribution in [0.2, 0.25) is 0 Å². The fourth-order valence-electron chi connectivity index (χ4n) is 4.54. The quantitative estimate of drug-likeness (QED) is 0.365. The van der Waals surface area contributed by atoms with Crippen molar-refractivity contribution in [2.75, 3.05) is 57.4 Å². The first-order chi connectivity index (χ1) is 18.1. The largest absolute Gasteiger partial charge is 0.378 e. The summed E-state index contributed by atoms with van der Waals surface area (Å²) in [5.74, 6) is 1.63. The summed E-state index contributed by atoms with van der Waals surface area (Å²) < 4.78 is 5.52. The number of carbonyl (C=O) groups is 2. The third-order valence-electron chi connectivity index (χ3n) is 6.65. The summed E-state index contributed by atoms with van der Waals surface area (Å²) in [6.07, 6.45) is 0. The standard InChI is InChI=1S/C28H31N5O3S/c1-21(34)31-10-12-33(13-11-31)27(35)24-9-5-6-22(18-24)20-37-28-29-25(23-7-3-2-4-8-23)19-26(30-28)32-14-16-36-17-15-32/h2-9,18-19H,10-17,20H2,1H3. The number of hydrogen-bond donors (Lipinski definition) is 0. The van der Waals surface area contributed by atoms with Gasteiger partial charge < -0.3 is 19.4 Å². The Hall–Kier alpha value is -3.43. The smallest absolute Gasteiger partial charge is 0.253 e. The molecule has 5 rings (SSSR count). The second-order valence-electron chi connectivity index (χ2n) is 9.15. The van der Waals surface area contributed by atoms with Crippen LogP contribution in [0.1, 0.15) is 22.8 Å². The molecule has 0 unspecified atom stereocenters. The van der Waals surface area contributed by atoms with Crippen molar-refractivity contribution in [3.63, 3.8) is 0 Å². The molecule has 0 spiro atoms. The van der Waals surface area contributed by atoms with Gasteiger partial charge in [0.1, 0.15) is 5.82 Å². The lowest BCUT2D eigenvalue weighted by molar-refractivity contribution is -0.130. The molecule has 3 heterocycles. The van der Waals surface area contributed by atoms with Gasteiger partial charge in [-0.25, -0.2) is 9.97 Å². The van der Waals surface area contributed by atoms with Crippen LogP contribution in [0.3, 0.4) is 0 Å². The number of carbonyl (C=O) groups excluding carboxylic acids is 2. The van der Waals surface area contributed by atoms with Crippen molar-refractivity contribution in [2.45, 2.75) is 17.8 Å². The SMILES string of the molecule is CC(=O)N1CCN(C(=O)c2cccc(CSc3nc(-c4ccccc4)cc(N4CCOCC4)n3)c2)CC1. The number of morpholine rings is 1. The van der Waals surface area contributed by atoms with E-state index in [1.54, 1.807) is 23.6 Å². The van der Waals surface area contributed by atoms with Gasteiger partial charge in [0.2, 0.25) is 5.91 Å². The molecule has 2 saturated heterocycles. The van der Waals surface area contributed by atoms with Crippen LogP contribution in [-0.4, -0.2) is 84.1 Å². The van der Waals surface area contributed by atoms with Gasteiger partial charge in [-0.15, -0.1) is 0 Å². The van der Waals surface area contributed by atoms with Crippen molar-refractivity contribution in [1.82, 2.24) is 19.8 Å². The Bertz CT molecular complexity index is 1240. The normalized spacial score (nSPS) is 16.1. The van der Waals surface area contributed by atoms with E-state index < -0.39 is 0 Å². The number of amides is 2. The number of rotatable bonds is 6. The van der Waals surface area contributed by atoms with E-state index in [-0.39, 0.29) is 11.8 Å². The summed E-state index contributed by atoms with van der Waals surface area (Å²) in [4.78, 5) is 40.3. The Morgan fingerprint density at radius 1 is 0.865 bits per heavy atom. The van der Waals surface area contributed by atoms with Crippen molar-refractivity contribution in [3.05, 3.63) is 71.8 Å². The minimum Gasteiger partial charge on any atom is -0.378 e. The van der Waals surface area contributed by atoms with Crippen molar-refractivity contribution in [2.24, 2.45) is 0 Å². The van der Waals surface area contributed by atoms with E-state index in [1.165, 1.54) is 0 Å². The van der Waals surface area contributed by atoms with E-state index in [9.17, 15) is 9.59 Å². The molecule has 2 aromatic carbocycles. The minimum absolute atomic E-state index is 0.00646. The highest BCUT2D eigenvalue weighted by Gasteiger charge is 2.23. The Balaban J connectivity index is 1.30. The molecule has 2 aliphatic rings. The van der Waals surface area contributed by atoms with Gasteiger partial charge in [0.25, 0.3) is 5.91 Å². The number of nitrogens with zero attached hydrogens (tertiary/aromatic N) is 5. The lowest BCUT2D eigenvalue weighted by atomic mass is 10.1. The maximum Gasteiger partial charge on any atom is 0.253 e. The Morgan fingerprint density at radius 3 is 2.32 bits per heavy atom. The lowest BCUT2D eigenvalue weighted by Crippen LogP contribution is -2.50. The second kappa shape index (κ2) is 11.7. The summed E-state index contributed by atoms with van der Waals surface area (Å²) in [7, 11) is 0. The first-order valence-corrected chi connectivity index (χ1v) is 13.6. The molecule has 2 amide bonds. The number of anilines is 1. The Morgan fingerprint density at radius 2 is 1.59 bits per heavy atom. The van der Waals surface area contributed by atoms with Crippen molar-refractivity contribution < 1.29 is 14.3 Å². The highest BCUT2D eigenvalue weighted by molar-refractivity contribution is 7.98. The van der Waals surface area contributed by atoms with Crippen LogP contribution < -0.4 is 4.90 Å². The molecule has 0 saturated carbocycles. The average molecular weight is 518 g/mol. The van der Waals surface area contributed by atoms with Crippen molar-refractivity contribution in [3.8, 4) is 11.3 Å². The average Bonchev–Trinajstić information content (AvgIpc) is 2.96. The molecule has 2 aliphatic heterocycles. The molecular weight excluding hydrogens is 486 g/mol. The van der Waals surface area contributed by atoms with Gasteiger partial charge >= 0.3 is 0 Å². The number of aromatic nitrogens is 2. The highest BCUT2D eigenvalue weighted by Crippen LogP contribution is 2.28. The fourth-order valence-corrected chi connectivity index (χ4v) is 5.33. The van der Waals surface area contributed by atoms with E-state index in [4.69, 9.17) is 14.7 Å². The molecule has 0 bridgehead atoms. The van der Waals surface area contributed by atoms with Crippen LogP contribution in [0.4, 0.5) is 5.82 Å². The number of hydrogen-bond acceptors (Lipinski definition) is 7. The van der Waals surface area contributed by atoms with Crippen LogP contribution >= 0.6 is 11.8 Å². The molecule has 37 heavy (non-hydrogen) atoms. The summed E-state index contributed by atoms with van der Waals surface area (Å²) in [5.41, 5.74) is 3.66. The summed E-state index contributed by atoms with van der Waals surface area (Å²) in [6, 6.07) is 20.0. The van der Waals surface area contributed by atoms with Crippen molar-refractivity contribution in [1.29, 1.82) is 0 Å². The molecule has 8 nitrogen and oxygen atoms in total. The monoisotopic (exact) mass is 517 g/mol. The van der Waals surface area contributed by atoms with E-state index in [0.29, 0.717) is 55.9 Å². The fraction of sp³-hybridized carbons (Fsp3) is 0.357. The topological polar surface area (TPSA) is 78.9 Å². The van der Waals surface area contributed by atoms with E-state index in [0.717, 1.165) is 35.7 Å². The van der Waals surface area contributed by atoms with Gasteiger partial charge in [0, 0.05) is 69.1 Å². The predicted molar refractivity (Wildman–Crippen MR) is 145 cm³/mol. The molecule has 1 aromatic heterocycles. The molecule has 192 valence electrons. The summed E-state index contributed by atoms with van der Waals surface area (Å²) in [6.45, 7) is 6.84. The zero-order chi connectivity index (χ0) is 25.6. The van der Waals surface area contributed by atoms with Gasteiger partial charge in [0.05, 0.1) is 18.9 Å². The number of thioether (sulfide) groups is 1. The minimum atomic E-state index is 0.00646. The Labute approximate surface area is 221 Å². The maximum absolute atomic E-state index is 13.1. The molecule has 0 radical (unpaired) electrons. The molecule has 3 aromatic rings. The molecule has 9 heteroatoms. The summed E-state index contributed by atoms with van der Waals surface area (Å²) in [5, 5.41) is 0.708. The zero-order valence-electron chi connectivity index (χ0n) is 21.0. The maximum atomic E-state index is 13.1. The molecular formula is C28H31N5O3S. The van der Waals surface area contributed by atoms with Gasteiger partial charge in [-0.05, 0) is 17.7 Å². The van der Waals surface area contributed by atoms with Crippen LogP contribution in [0.15, 0.2) is 65.8 Å². The van der Waals surface area contributed by atoms with E-state index in [1.807, 2.05) is 47.4 Å². The highest BCUT2D eigenvalue weighted by atomic mass is 32.2. The first kappa shape index (κ1) is 25.2. The van der Waals surface area contributed by atoms with Gasteiger partial charge in [-0.3, -0.25) is 9.59 Å². The zero-order valence-corrected chi connectivity index (χ0v) is 21.8. The molecule has 0 aliphatic carbocycles. The first-order valence-electron chi connectivity index (χ1n) is 12.6. The van der Waals surface area contributed by atoms with Crippen LogP contribution in [0, 0.1) is 0 Å². The van der Waals surface area contributed by atoms with Crippen LogP contribution in [0.5, 0.6) is 0 Å². The van der Waals surface area contributed by atoms with E-state index >= 15 is 0 Å². The summed E-state index contributed by atoms with van der Waals surface area (Å²) >= 11 is 1.57. The molecule has 0 N–H and O–H groups in total. The Kier molecular flexibility index (Phi) is 8.01. The number of piperazine rings is 1. The van der Waals surface area contributed by atoms with Gasteiger partial charge in [-0.1, -0.05) is 54.2 Å². The van der Waals surface area contributed by atoms with Crippen molar-refractivity contribution >= 4 is 29.4 Å².